The molecule has 7 heteroatoms. The van der Waals surface area contributed by atoms with Crippen molar-refractivity contribution >= 4 is 11.3 Å². The van der Waals surface area contributed by atoms with Crippen molar-refractivity contribution in [2.45, 2.75) is 19.1 Å². The van der Waals surface area contributed by atoms with Gasteiger partial charge in [-0.3, -0.25) is 4.98 Å². The van der Waals surface area contributed by atoms with E-state index in [2.05, 4.69) is 15.3 Å². The fraction of sp³-hybridized carbons (Fsp3) is 0.333. The maximum Gasteiger partial charge on any atom is 0.443 e. The minimum atomic E-state index is -4.39. The maximum atomic E-state index is 12.6. The van der Waals surface area contributed by atoms with Crippen molar-refractivity contribution in [2.24, 2.45) is 0 Å². The van der Waals surface area contributed by atoms with Gasteiger partial charge >= 0.3 is 6.18 Å². The number of nitrogens with one attached hydrogen (secondary N) is 1. The van der Waals surface area contributed by atoms with Gasteiger partial charge in [0.1, 0.15) is 0 Å². The number of pyridine rings is 1. The highest BCUT2D eigenvalue weighted by Gasteiger charge is 2.35. The van der Waals surface area contributed by atoms with Crippen LogP contribution in [0.5, 0.6) is 0 Å². The van der Waals surface area contributed by atoms with Crippen LogP contribution in [0.15, 0.2) is 24.7 Å². The molecule has 2 rings (SSSR count). The zero-order valence-electron chi connectivity index (χ0n) is 10.3. The van der Waals surface area contributed by atoms with E-state index in [1.165, 1.54) is 6.20 Å². The molecule has 0 spiro atoms. The molecule has 19 heavy (non-hydrogen) atoms. The lowest BCUT2D eigenvalue weighted by atomic mass is 10.0. The molecule has 0 radical (unpaired) electrons. The van der Waals surface area contributed by atoms with Gasteiger partial charge in [0.25, 0.3) is 0 Å². The van der Waals surface area contributed by atoms with Crippen molar-refractivity contribution in [1.29, 1.82) is 0 Å². The van der Waals surface area contributed by atoms with Gasteiger partial charge in [-0.2, -0.15) is 13.2 Å². The Labute approximate surface area is 112 Å². The summed E-state index contributed by atoms with van der Waals surface area (Å²) in [6, 6.07) is 1.49. The van der Waals surface area contributed by atoms with Gasteiger partial charge in [0, 0.05) is 23.5 Å². The van der Waals surface area contributed by atoms with Crippen LogP contribution >= 0.6 is 11.3 Å². The molecule has 0 amide bonds. The molecular formula is C12H12F3N3S. The first-order valence-corrected chi connectivity index (χ1v) is 6.36. The quantitative estimate of drug-likeness (QED) is 0.942. The second-order valence-electron chi connectivity index (χ2n) is 4.02. The summed E-state index contributed by atoms with van der Waals surface area (Å²) in [7, 11) is 1.71. The van der Waals surface area contributed by atoms with E-state index < -0.39 is 11.2 Å². The number of aryl methyl sites for hydroxylation is 1. The molecule has 2 heterocycles. The molecule has 2 aromatic heterocycles. The third-order valence-corrected chi connectivity index (χ3v) is 3.82. The van der Waals surface area contributed by atoms with E-state index in [0.29, 0.717) is 16.2 Å². The van der Waals surface area contributed by atoms with Gasteiger partial charge in [0.05, 0.1) is 6.04 Å². The summed E-state index contributed by atoms with van der Waals surface area (Å²) < 4.78 is 37.7. The Morgan fingerprint density at radius 1 is 1.32 bits per heavy atom. The van der Waals surface area contributed by atoms with E-state index in [1.807, 2.05) is 6.92 Å². The van der Waals surface area contributed by atoms with Gasteiger partial charge in [-0.05, 0) is 31.2 Å². The Morgan fingerprint density at radius 3 is 2.58 bits per heavy atom. The topological polar surface area (TPSA) is 37.8 Å². The lowest BCUT2D eigenvalue weighted by molar-refractivity contribution is -0.137. The van der Waals surface area contributed by atoms with Crippen LogP contribution in [0.25, 0.3) is 0 Å². The summed E-state index contributed by atoms with van der Waals surface area (Å²) in [5.41, 5.74) is 1.82. The zero-order chi connectivity index (χ0) is 14.0. The lowest BCUT2D eigenvalue weighted by Gasteiger charge is -2.16. The monoisotopic (exact) mass is 287 g/mol. The molecule has 102 valence electrons. The molecule has 1 atom stereocenters. The first kappa shape index (κ1) is 14.0. The van der Waals surface area contributed by atoms with Crippen molar-refractivity contribution in [2.75, 3.05) is 7.05 Å². The third kappa shape index (κ3) is 2.93. The number of alkyl halides is 3. The zero-order valence-corrected chi connectivity index (χ0v) is 11.1. The van der Waals surface area contributed by atoms with Crippen LogP contribution in [0.4, 0.5) is 13.2 Å². The molecule has 0 saturated heterocycles. The maximum absolute atomic E-state index is 12.6. The fourth-order valence-corrected chi connectivity index (χ4v) is 2.72. The second-order valence-corrected chi connectivity index (χ2v) is 5.08. The van der Waals surface area contributed by atoms with Crippen LogP contribution in [0.2, 0.25) is 0 Å². The SMILES string of the molecule is CNC(c1cnc(C(F)(F)F)s1)c1ccncc1C. The van der Waals surface area contributed by atoms with Crippen molar-refractivity contribution in [3.8, 4) is 0 Å². The van der Waals surface area contributed by atoms with Crippen LogP contribution in [0, 0.1) is 6.92 Å². The summed E-state index contributed by atoms with van der Waals surface area (Å²) in [6.45, 7) is 1.87. The molecule has 0 aliphatic heterocycles. The summed E-state index contributed by atoms with van der Waals surface area (Å²) in [6.07, 6.45) is 0.187. The molecule has 0 fully saturated rings. The number of aromatic nitrogens is 2. The molecule has 0 aliphatic rings. The van der Waals surface area contributed by atoms with Gasteiger partial charge in [-0.1, -0.05) is 0 Å². The number of nitrogens with zero attached hydrogens (tertiary/aromatic N) is 2. The summed E-state index contributed by atoms with van der Waals surface area (Å²) in [4.78, 5) is 7.96. The van der Waals surface area contributed by atoms with Crippen LogP contribution in [-0.2, 0) is 6.18 Å². The normalized spacial score (nSPS) is 13.5. The van der Waals surface area contributed by atoms with Crippen molar-refractivity contribution in [1.82, 2.24) is 15.3 Å². The Morgan fingerprint density at radius 2 is 2.05 bits per heavy atom. The summed E-state index contributed by atoms with van der Waals surface area (Å²) in [5.74, 6) is 0. The Balaban J connectivity index is 2.38. The molecule has 2 aromatic rings. The Kier molecular flexibility index (Phi) is 3.86. The van der Waals surface area contributed by atoms with E-state index in [4.69, 9.17) is 0 Å². The largest absolute Gasteiger partial charge is 0.443 e. The summed E-state index contributed by atoms with van der Waals surface area (Å²) >= 11 is 0.657. The number of halogens is 3. The van der Waals surface area contributed by atoms with E-state index >= 15 is 0 Å². The van der Waals surface area contributed by atoms with Crippen molar-refractivity contribution in [3.63, 3.8) is 0 Å². The Hall–Kier alpha value is -1.47. The standard InChI is InChI=1S/C12H12F3N3S/c1-7-5-17-4-3-8(7)10(16-2)9-6-18-11(19-9)12(13,14)15/h3-6,10,16H,1-2H3. The second kappa shape index (κ2) is 5.26. The van der Waals surface area contributed by atoms with E-state index in [9.17, 15) is 13.2 Å². The predicted molar refractivity (Wildman–Crippen MR) is 67.0 cm³/mol. The van der Waals surface area contributed by atoms with Gasteiger partial charge in [-0.25, -0.2) is 4.98 Å². The lowest BCUT2D eigenvalue weighted by Crippen LogP contribution is -2.17. The first-order chi connectivity index (χ1) is 8.93. The average Bonchev–Trinajstić information content (AvgIpc) is 2.82. The highest BCUT2D eigenvalue weighted by molar-refractivity contribution is 7.11. The number of thiazole rings is 1. The third-order valence-electron chi connectivity index (χ3n) is 2.71. The van der Waals surface area contributed by atoms with Crippen LogP contribution < -0.4 is 5.32 Å². The molecule has 0 aliphatic carbocycles. The molecule has 0 saturated carbocycles. The number of rotatable bonds is 3. The minimum absolute atomic E-state index is 0.309. The van der Waals surface area contributed by atoms with Gasteiger partial charge in [0.2, 0.25) is 0 Å². The minimum Gasteiger partial charge on any atom is -0.309 e. The van der Waals surface area contributed by atoms with Gasteiger partial charge in [0.15, 0.2) is 5.01 Å². The molecule has 1 N–H and O–H groups in total. The highest BCUT2D eigenvalue weighted by atomic mass is 32.1. The molecule has 0 bridgehead atoms. The van der Waals surface area contributed by atoms with E-state index in [1.54, 1.807) is 25.5 Å². The van der Waals surface area contributed by atoms with Gasteiger partial charge < -0.3 is 5.32 Å². The van der Waals surface area contributed by atoms with Crippen molar-refractivity contribution in [3.05, 3.63) is 45.7 Å². The number of hydrogen-bond donors (Lipinski definition) is 1. The summed E-state index contributed by atoms with van der Waals surface area (Å²) in [5, 5.41) is 2.19. The molecule has 1 unspecified atom stereocenters. The van der Waals surface area contributed by atoms with Crippen molar-refractivity contribution < 1.29 is 13.2 Å². The van der Waals surface area contributed by atoms with E-state index in [0.717, 1.165) is 11.1 Å². The predicted octanol–water partition coefficient (Wildman–Crippen LogP) is 3.17. The average molecular weight is 287 g/mol. The fourth-order valence-electron chi connectivity index (χ4n) is 1.81. The Bertz CT molecular complexity index is 565. The highest BCUT2D eigenvalue weighted by Crippen LogP contribution is 2.36. The van der Waals surface area contributed by atoms with Crippen LogP contribution in [0.3, 0.4) is 0 Å². The van der Waals surface area contributed by atoms with E-state index in [-0.39, 0.29) is 6.04 Å². The molecule has 3 nitrogen and oxygen atoms in total. The van der Waals surface area contributed by atoms with Crippen LogP contribution in [-0.4, -0.2) is 17.0 Å². The first-order valence-electron chi connectivity index (χ1n) is 5.54. The smallest absolute Gasteiger partial charge is 0.309 e. The molecular weight excluding hydrogens is 275 g/mol. The molecule has 0 aromatic carbocycles. The number of hydrogen-bond acceptors (Lipinski definition) is 4. The van der Waals surface area contributed by atoms with Gasteiger partial charge in [-0.15, -0.1) is 11.3 Å². The van der Waals surface area contributed by atoms with Crippen LogP contribution in [0.1, 0.15) is 27.1 Å².